The minimum absolute atomic E-state index is 0.0607. The molecule has 2 heterocycles. The molecular weight excluding hydrogens is 362 g/mol. The van der Waals surface area contributed by atoms with Crippen molar-refractivity contribution >= 4 is 29.1 Å². The molecule has 0 fully saturated rings. The number of benzene rings is 1. The Labute approximate surface area is 161 Å². The van der Waals surface area contributed by atoms with Crippen LogP contribution in [0.1, 0.15) is 34.4 Å². The molecule has 0 aliphatic heterocycles. The van der Waals surface area contributed by atoms with Gasteiger partial charge in [-0.05, 0) is 51.1 Å². The molecule has 0 spiro atoms. The maximum atomic E-state index is 12.7. The molecule has 6 nitrogen and oxygen atoms in total. The number of hydrogen-bond acceptors (Lipinski definition) is 5. The van der Waals surface area contributed by atoms with Crippen LogP contribution >= 0.6 is 11.8 Å². The van der Waals surface area contributed by atoms with Crippen molar-refractivity contribution in [3.63, 3.8) is 0 Å². The van der Waals surface area contributed by atoms with Crippen molar-refractivity contribution in [2.75, 3.05) is 11.1 Å². The maximum absolute atomic E-state index is 12.7. The predicted molar refractivity (Wildman–Crippen MR) is 106 cm³/mol. The van der Waals surface area contributed by atoms with Crippen LogP contribution in [-0.4, -0.2) is 27.2 Å². The number of anilines is 1. The second-order valence-electron chi connectivity index (χ2n) is 6.33. The van der Waals surface area contributed by atoms with Gasteiger partial charge in [-0.3, -0.25) is 14.2 Å². The van der Waals surface area contributed by atoms with Gasteiger partial charge in [-0.1, -0.05) is 5.16 Å². The first-order valence-corrected chi connectivity index (χ1v) is 9.50. The summed E-state index contributed by atoms with van der Waals surface area (Å²) >= 11 is 1.47. The average Bonchev–Trinajstić information content (AvgIpc) is 3.16. The maximum Gasteiger partial charge on any atom is 0.221 e. The van der Waals surface area contributed by atoms with Gasteiger partial charge in [0, 0.05) is 40.5 Å². The topological polar surface area (TPSA) is 77.1 Å². The quantitative estimate of drug-likeness (QED) is 0.507. The largest absolute Gasteiger partial charge is 0.360 e. The van der Waals surface area contributed by atoms with Crippen LogP contribution in [0.5, 0.6) is 0 Å². The Morgan fingerprint density at radius 3 is 2.44 bits per heavy atom. The molecule has 0 bridgehead atoms. The van der Waals surface area contributed by atoms with Gasteiger partial charge in [0.1, 0.15) is 5.76 Å². The van der Waals surface area contributed by atoms with Gasteiger partial charge in [-0.2, -0.15) is 0 Å². The number of rotatable bonds is 6. The Balaban J connectivity index is 1.71. The monoisotopic (exact) mass is 383 g/mol. The van der Waals surface area contributed by atoms with Crippen molar-refractivity contribution in [2.24, 2.45) is 0 Å². The number of nitrogens with zero attached hydrogens (tertiary/aromatic N) is 2. The lowest BCUT2D eigenvalue weighted by atomic mass is 10.2. The molecule has 7 heteroatoms. The molecule has 3 rings (SSSR count). The fourth-order valence-corrected chi connectivity index (χ4v) is 3.70. The van der Waals surface area contributed by atoms with Gasteiger partial charge in [0.2, 0.25) is 5.91 Å². The van der Waals surface area contributed by atoms with E-state index >= 15 is 0 Å². The molecule has 1 aromatic carbocycles. The van der Waals surface area contributed by atoms with Gasteiger partial charge in [-0.15, -0.1) is 11.8 Å². The third kappa shape index (κ3) is 4.31. The first-order valence-electron chi connectivity index (χ1n) is 8.51. The molecule has 2 aromatic heterocycles. The standard InChI is InChI=1S/C20H21N3O3S/c1-12-9-18(14(3)23(12)20-10-13(2)26-22-20)19(25)11-27-17-7-5-16(6-8-17)21-15(4)24/h5-10H,11H2,1-4H3,(H,21,24). The van der Waals surface area contributed by atoms with Crippen molar-refractivity contribution in [3.05, 3.63) is 59.1 Å². The molecule has 0 atom stereocenters. The van der Waals surface area contributed by atoms with Gasteiger partial charge >= 0.3 is 0 Å². The fraction of sp³-hybridized carbons (Fsp3) is 0.250. The normalized spacial score (nSPS) is 10.8. The molecule has 0 saturated heterocycles. The van der Waals surface area contributed by atoms with E-state index in [0.717, 1.165) is 27.7 Å². The Hall–Kier alpha value is -2.80. The van der Waals surface area contributed by atoms with Crippen LogP contribution in [0.4, 0.5) is 5.69 Å². The summed E-state index contributed by atoms with van der Waals surface area (Å²) in [6, 6.07) is 11.2. The zero-order valence-electron chi connectivity index (χ0n) is 15.7. The zero-order chi connectivity index (χ0) is 19.6. The minimum Gasteiger partial charge on any atom is -0.360 e. The summed E-state index contributed by atoms with van der Waals surface area (Å²) in [4.78, 5) is 24.8. The number of aromatic nitrogens is 2. The van der Waals surface area contributed by atoms with Crippen molar-refractivity contribution < 1.29 is 14.1 Å². The summed E-state index contributed by atoms with van der Waals surface area (Å²) < 4.78 is 7.08. The summed E-state index contributed by atoms with van der Waals surface area (Å²) in [6.45, 7) is 7.17. The summed E-state index contributed by atoms with van der Waals surface area (Å²) in [5.74, 6) is 1.70. The molecule has 140 valence electrons. The van der Waals surface area contributed by atoms with Gasteiger partial charge < -0.3 is 9.84 Å². The predicted octanol–water partition coefficient (Wildman–Crippen LogP) is 4.32. The lowest BCUT2D eigenvalue weighted by Gasteiger charge is -2.06. The summed E-state index contributed by atoms with van der Waals surface area (Å²) in [7, 11) is 0. The van der Waals surface area contributed by atoms with E-state index < -0.39 is 0 Å². The van der Waals surface area contributed by atoms with Crippen molar-refractivity contribution in [1.29, 1.82) is 0 Å². The number of Topliss-reactive ketones (excluding diaryl/α,β-unsaturated/α-hetero) is 1. The van der Waals surface area contributed by atoms with E-state index in [2.05, 4.69) is 10.5 Å². The number of nitrogens with one attached hydrogen (secondary N) is 1. The van der Waals surface area contributed by atoms with E-state index in [0.29, 0.717) is 17.1 Å². The van der Waals surface area contributed by atoms with Crippen LogP contribution in [0, 0.1) is 20.8 Å². The van der Waals surface area contributed by atoms with Crippen LogP contribution in [0.2, 0.25) is 0 Å². The van der Waals surface area contributed by atoms with Gasteiger partial charge in [0.15, 0.2) is 11.6 Å². The van der Waals surface area contributed by atoms with Gasteiger partial charge in [-0.25, -0.2) is 0 Å². The molecule has 0 saturated carbocycles. The average molecular weight is 383 g/mol. The number of ketones is 1. The Bertz CT molecular complexity index is 987. The number of carbonyl (C=O) groups excluding carboxylic acids is 2. The molecule has 0 aliphatic rings. The number of carbonyl (C=O) groups is 2. The van der Waals surface area contributed by atoms with E-state index in [1.54, 1.807) is 0 Å². The Morgan fingerprint density at radius 2 is 1.85 bits per heavy atom. The molecule has 27 heavy (non-hydrogen) atoms. The lowest BCUT2D eigenvalue weighted by molar-refractivity contribution is -0.114. The van der Waals surface area contributed by atoms with E-state index in [1.807, 2.05) is 61.7 Å². The number of aryl methyl sites for hydroxylation is 2. The highest BCUT2D eigenvalue weighted by atomic mass is 32.2. The minimum atomic E-state index is -0.108. The van der Waals surface area contributed by atoms with E-state index in [4.69, 9.17) is 4.52 Å². The molecule has 1 amide bonds. The number of hydrogen-bond donors (Lipinski definition) is 1. The Morgan fingerprint density at radius 1 is 1.15 bits per heavy atom. The number of amides is 1. The molecule has 3 aromatic rings. The zero-order valence-corrected chi connectivity index (χ0v) is 16.5. The van der Waals surface area contributed by atoms with Gasteiger partial charge in [0.25, 0.3) is 0 Å². The van der Waals surface area contributed by atoms with Crippen molar-refractivity contribution in [3.8, 4) is 5.82 Å². The smallest absolute Gasteiger partial charge is 0.221 e. The van der Waals surface area contributed by atoms with Crippen LogP contribution < -0.4 is 5.32 Å². The highest BCUT2D eigenvalue weighted by Gasteiger charge is 2.18. The molecule has 1 N–H and O–H groups in total. The fourth-order valence-electron chi connectivity index (χ4n) is 2.92. The first-order chi connectivity index (χ1) is 12.8. The Kier molecular flexibility index (Phi) is 5.51. The van der Waals surface area contributed by atoms with E-state index in [-0.39, 0.29) is 11.7 Å². The molecule has 0 radical (unpaired) electrons. The van der Waals surface area contributed by atoms with Crippen LogP contribution in [0.15, 0.2) is 45.8 Å². The molecular formula is C20H21N3O3S. The third-order valence-electron chi connectivity index (χ3n) is 4.12. The van der Waals surface area contributed by atoms with Crippen LogP contribution in [0.3, 0.4) is 0 Å². The van der Waals surface area contributed by atoms with Crippen LogP contribution in [-0.2, 0) is 4.79 Å². The summed E-state index contributed by atoms with van der Waals surface area (Å²) in [5.41, 5.74) is 3.22. The first kappa shape index (κ1) is 19.0. The summed E-state index contributed by atoms with van der Waals surface area (Å²) in [6.07, 6.45) is 0. The van der Waals surface area contributed by atoms with E-state index in [1.165, 1.54) is 18.7 Å². The van der Waals surface area contributed by atoms with Crippen LogP contribution in [0.25, 0.3) is 5.82 Å². The SMILES string of the molecule is CC(=O)Nc1ccc(SCC(=O)c2cc(C)n(-c3cc(C)on3)c2C)cc1. The third-order valence-corrected chi connectivity index (χ3v) is 5.13. The van der Waals surface area contributed by atoms with Crippen molar-refractivity contribution in [2.45, 2.75) is 32.6 Å². The number of thioether (sulfide) groups is 1. The summed E-state index contributed by atoms with van der Waals surface area (Å²) in [5, 5.41) is 6.77. The highest BCUT2D eigenvalue weighted by Crippen LogP contribution is 2.25. The van der Waals surface area contributed by atoms with Crippen molar-refractivity contribution in [1.82, 2.24) is 9.72 Å². The second kappa shape index (κ2) is 7.84. The van der Waals surface area contributed by atoms with Gasteiger partial charge in [0.05, 0.1) is 5.75 Å². The lowest BCUT2D eigenvalue weighted by Crippen LogP contribution is -2.06. The van der Waals surface area contributed by atoms with E-state index in [9.17, 15) is 9.59 Å². The highest BCUT2D eigenvalue weighted by molar-refractivity contribution is 8.00. The molecule has 0 unspecified atom stereocenters. The second-order valence-corrected chi connectivity index (χ2v) is 7.38. The molecule has 0 aliphatic carbocycles.